The molecule has 15 heavy (non-hydrogen) atoms. The lowest BCUT2D eigenvalue weighted by molar-refractivity contribution is 0.146. The molecule has 2 heterocycles. The molecule has 1 fully saturated rings. The van der Waals surface area contributed by atoms with Crippen LogP contribution < -0.4 is 5.32 Å². The molecule has 1 unspecified atom stereocenters. The van der Waals surface area contributed by atoms with Crippen LogP contribution in [0.1, 0.15) is 37.3 Å². The number of nitrogens with one attached hydrogen (secondary N) is 1. The second-order valence-electron chi connectivity index (χ2n) is 3.82. The molecule has 1 saturated heterocycles. The van der Waals surface area contributed by atoms with Crippen molar-refractivity contribution in [2.75, 3.05) is 6.54 Å². The van der Waals surface area contributed by atoms with Crippen molar-refractivity contribution in [3.63, 3.8) is 0 Å². The van der Waals surface area contributed by atoms with Crippen molar-refractivity contribution in [3.8, 4) is 0 Å². The van der Waals surface area contributed by atoms with Crippen LogP contribution in [-0.2, 0) is 6.42 Å². The summed E-state index contributed by atoms with van der Waals surface area (Å²) in [6.45, 7) is 0.993. The molecule has 0 radical (unpaired) electrons. The third kappa shape index (κ3) is 2.75. The molecule has 0 bridgehead atoms. The number of alkyl halides is 2. The van der Waals surface area contributed by atoms with E-state index < -0.39 is 6.43 Å². The van der Waals surface area contributed by atoms with Crippen LogP contribution in [0.5, 0.6) is 0 Å². The monoisotopic (exact) mass is 216 g/mol. The van der Waals surface area contributed by atoms with Gasteiger partial charge in [0.25, 0.3) is 6.43 Å². The first kappa shape index (κ1) is 10.5. The second-order valence-corrected chi connectivity index (χ2v) is 3.82. The summed E-state index contributed by atoms with van der Waals surface area (Å²) in [5.41, 5.74) is -0.263. The first-order valence-corrected chi connectivity index (χ1v) is 5.21. The van der Waals surface area contributed by atoms with E-state index in [1.54, 1.807) is 0 Å². The molecule has 0 spiro atoms. The summed E-state index contributed by atoms with van der Waals surface area (Å²) in [5, 5.41) is 3.32. The van der Waals surface area contributed by atoms with Gasteiger partial charge in [-0.2, -0.15) is 0 Å². The van der Waals surface area contributed by atoms with Crippen LogP contribution >= 0.6 is 0 Å². The highest BCUT2D eigenvalue weighted by Crippen LogP contribution is 2.19. The van der Waals surface area contributed by atoms with Gasteiger partial charge in [0.1, 0.15) is 12.0 Å². The summed E-state index contributed by atoms with van der Waals surface area (Å²) in [6, 6.07) is 0.322. The van der Waals surface area contributed by atoms with E-state index >= 15 is 0 Å². The lowest BCUT2D eigenvalue weighted by atomic mass is 10.0. The van der Waals surface area contributed by atoms with Gasteiger partial charge in [-0.05, 0) is 19.4 Å². The number of aromatic nitrogens is 1. The van der Waals surface area contributed by atoms with Crippen molar-refractivity contribution in [1.29, 1.82) is 0 Å². The van der Waals surface area contributed by atoms with Gasteiger partial charge < -0.3 is 9.73 Å². The molecule has 1 aromatic heterocycles. The van der Waals surface area contributed by atoms with Crippen molar-refractivity contribution in [3.05, 3.63) is 17.8 Å². The SMILES string of the molecule is FC(F)c1coc(CC2CCCCN2)n1. The molecule has 2 rings (SSSR count). The van der Waals surface area contributed by atoms with Gasteiger partial charge in [0.2, 0.25) is 0 Å². The summed E-state index contributed by atoms with van der Waals surface area (Å²) in [7, 11) is 0. The maximum absolute atomic E-state index is 12.2. The highest BCUT2D eigenvalue weighted by atomic mass is 19.3. The van der Waals surface area contributed by atoms with Gasteiger partial charge in [-0.25, -0.2) is 13.8 Å². The number of rotatable bonds is 3. The van der Waals surface area contributed by atoms with Crippen molar-refractivity contribution < 1.29 is 13.2 Å². The van der Waals surface area contributed by atoms with Crippen LogP contribution in [0.3, 0.4) is 0 Å². The Labute approximate surface area is 86.9 Å². The van der Waals surface area contributed by atoms with E-state index in [0.717, 1.165) is 19.2 Å². The molecular weight excluding hydrogens is 202 g/mol. The second kappa shape index (κ2) is 4.70. The number of oxazole rings is 1. The fourth-order valence-corrected chi connectivity index (χ4v) is 1.83. The third-order valence-corrected chi connectivity index (χ3v) is 2.63. The summed E-state index contributed by atoms with van der Waals surface area (Å²) >= 11 is 0. The van der Waals surface area contributed by atoms with Crippen LogP contribution in [0, 0.1) is 0 Å². The molecule has 1 N–H and O–H groups in total. The van der Waals surface area contributed by atoms with Gasteiger partial charge in [0.15, 0.2) is 5.89 Å². The molecule has 1 aliphatic heterocycles. The Hall–Kier alpha value is -0.970. The van der Waals surface area contributed by atoms with Crippen molar-refractivity contribution >= 4 is 0 Å². The van der Waals surface area contributed by atoms with E-state index in [9.17, 15) is 8.78 Å². The molecule has 5 heteroatoms. The topological polar surface area (TPSA) is 38.1 Å². The summed E-state index contributed by atoms with van der Waals surface area (Å²) in [5.74, 6) is 0.407. The van der Waals surface area contributed by atoms with Crippen molar-refractivity contribution in [1.82, 2.24) is 10.3 Å². The quantitative estimate of drug-likeness (QED) is 0.842. The number of hydrogen-bond donors (Lipinski definition) is 1. The van der Waals surface area contributed by atoms with Crippen LogP contribution in [0.15, 0.2) is 10.7 Å². The zero-order chi connectivity index (χ0) is 10.7. The van der Waals surface area contributed by atoms with Crippen molar-refractivity contribution in [2.24, 2.45) is 0 Å². The minimum atomic E-state index is -2.54. The molecular formula is C10H14F2N2O. The van der Waals surface area contributed by atoms with Gasteiger partial charge in [-0.15, -0.1) is 0 Å². The minimum absolute atomic E-state index is 0.263. The van der Waals surface area contributed by atoms with E-state index in [-0.39, 0.29) is 5.69 Å². The smallest absolute Gasteiger partial charge is 0.283 e. The summed E-state index contributed by atoms with van der Waals surface area (Å²) in [6.07, 6.45) is 2.54. The van der Waals surface area contributed by atoms with E-state index in [1.165, 1.54) is 12.8 Å². The predicted molar refractivity (Wildman–Crippen MR) is 50.8 cm³/mol. The Kier molecular flexibility index (Phi) is 3.30. The minimum Gasteiger partial charge on any atom is -0.448 e. The largest absolute Gasteiger partial charge is 0.448 e. The Morgan fingerprint density at radius 2 is 2.40 bits per heavy atom. The Balaban J connectivity index is 1.91. The third-order valence-electron chi connectivity index (χ3n) is 2.63. The van der Waals surface area contributed by atoms with Gasteiger partial charge >= 0.3 is 0 Å². The molecule has 1 aromatic rings. The van der Waals surface area contributed by atoms with E-state index in [0.29, 0.717) is 18.4 Å². The highest BCUT2D eigenvalue weighted by Gasteiger charge is 2.18. The van der Waals surface area contributed by atoms with E-state index in [1.807, 2.05) is 0 Å². The molecule has 1 aliphatic rings. The summed E-state index contributed by atoms with van der Waals surface area (Å²) < 4.78 is 29.4. The average Bonchev–Trinajstić information content (AvgIpc) is 2.68. The van der Waals surface area contributed by atoms with Crippen LogP contribution in [0.4, 0.5) is 8.78 Å². The number of halogens is 2. The summed E-state index contributed by atoms with van der Waals surface area (Å²) in [4.78, 5) is 3.75. The van der Waals surface area contributed by atoms with Crippen LogP contribution in [-0.4, -0.2) is 17.6 Å². The normalized spacial score (nSPS) is 22.2. The Morgan fingerprint density at radius 3 is 3.00 bits per heavy atom. The molecule has 3 nitrogen and oxygen atoms in total. The van der Waals surface area contributed by atoms with Crippen LogP contribution in [0.2, 0.25) is 0 Å². The van der Waals surface area contributed by atoms with Crippen LogP contribution in [0.25, 0.3) is 0 Å². The van der Waals surface area contributed by atoms with Gasteiger partial charge in [-0.3, -0.25) is 0 Å². The Morgan fingerprint density at radius 1 is 1.53 bits per heavy atom. The number of nitrogens with zero attached hydrogens (tertiary/aromatic N) is 1. The first-order chi connectivity index (χ1) is 7.25. The van der Waals surface area contributed by atoms with E-state index in [4.69, 9.17) is 4.42 Å². The lowest BCUT2D eigenvalue weighted by Crippen LogP contribution is -2.35. The first-order valence-electron chi connectivity index (χ1n) is 5.21. The maximum Gasteiger partial charge on any atom is 0.283 e. The standard InChI is InChI=1S/C10H14F2N2O/c11-10(12)8-6-15-9(14-8)5-7-3-1-2-4-13-7/h6-7,10,13H,1-5H2. The highest BCUT2D eigenvalue weighted by molar-refractivity contribution is 4.99. The molecule has 0 aliphatic carbocycles. The number of hydrogen-bond acceptors (Lipinski definition) is 3. The average molecular weight is 216 g/mol. The molecule has 0 saturated carbocycles. The van der Waals surface area contributed by atoms with Gasteiger partial charge in [0.05, 0.1) is 0 Å². The molecule has 84 valence electrons. The fourth-order valence-electron chi connectivity index (χ4n) is 1.83. The predicted octanol–water partition coefficient (Wildman–Crippen LogP) is 2.30. The number of piperidine rings is 1. The maximum atomic E-state index is 12.2. The lowest BCUT2D eigenvalue weighted by Gasteiger charge is -2.21. The zero-order valence-corrected chi connectivity index (χ0v) is 8.38. The molecule has 1 atom stereocenters. The van der Waals surface area contributed by atoms with Gasteiger partial charge in [-0.1, -0.05) is 6.42 Å². The Bertz CT molecular complexity index is 308. The van der Waals surface area contributed by atoms with E-state index in [2.05, 4.69) is 10.3 Å². The fraction of sp³-hybridized carbons (Fsp3) is 0.700. The van der Waals surface area contributed by atoms with Crippen molar-refractivity contribution in [2.45, 2.75) is 38.2 Å². The molecule has 0 amide bonds. The van der Waals surface area contributed by atoms with Gasteiger partial charge in [0, 0.05) is 12.5 Å². The zero-order valence-electron chi connectivity index (χ0n) is 8.38. The molecule has 0 aromatic carbocycles.